The fraction of sp³-hybridized carbons (Fsp3) is 0.192. The van der Waals surface area contributed by atoms with E-state index in [0.29, 0.717) is 39.9 Å². The normalized spacial score (nSPS) is 13.6. The second-order valence-electron chi connectivity index (χ2n) is 8.33. The maximum Gasteiger partial charge on any atom is 0.274 e. The number of hydrogen-bond donors (Lipinski definition) is 2. The Labute approximate surface area is 207 Å². The van der Waals surface area contributed by atoms with Crippen LogP contribution in [0.1, 0.15) is 26.6 Å². The number of nitrogens with zero attached hydrogens (tertiary/aromatic N) is 5. The highest BCUT2D eigenvalue weighted by Crippen LogP contribution is 2.33. The molecule has 8 nitrogen and oxygen atoms in total. The highest BCUT2D eigenvalue weighted by Gasteiger charge is 2.29. The maximum atomic E-state index is 13.7. The van der Waals surface area contributed by atoms with E-state index in [1.807, 2.05) is 54.3 Å². The average Bonchev–Trinajstić information content (AvgIpc) is 3.36. The summed E-state index contributed by atoms with van der Waals surface area (Å²) in [6.45, 7) is 4.54. The van der Waals surface area contributed by atoms with E-state index in [-0.39, 0.29) is 11.6 Å². The average molecular weight is 484 g/mol. The molecule has 0 atom stereocenters. The molecule has 0 saturated carbocycles. The van der Waals surface area contributed by atoms with Gasteiger partial charge < -0.3 is 15.5 Å². The Kier molecular flexibility index (Phi) is 6.24. The third-order valence-electron chi connectivity index (χ3n) is 6.16. The summed E-state index contributed by atoms with van der Waals surface area (Å²) in [6, 6.07) is 13.3. The number of rotatable bonds is 5. The van der Waals surface area contributed by atoms with Gasteiger partial charge in [0.05, 0.1) is 10.6 Å². The van der Waals surface area contributed by atoms with Gasteiger partial charge in [-0.1, -0.05) is 24.3 Å². The lowest BCUT2D eigenvalue weighted by atomic mass is 10.0. The van der Waals surface area contributed by atoms with Crippen molar-refractivity contribution >= 4 is 34.3 Å². The van der Waals surface area contributed by atoms with Crippen molar-refractivity contribution in [3.8, 4) is 10.4 Å². The summed E-state index contributed by atoms with van der Waals surface area (Å²) < 4.78 is 0. The van der Waals surface area contributed by atoms with Crippen molar-refractivity contribution in [3.05, 3.63) is 89.1 Å². The Morgan fingerprint density at radius 3 is 2.49 bits per heavy atom. The third kappa shape index (κ3) is 4.50. The summed E-state index contributed by atoms with van der Waals surface area (Å²) in [5.74, 6) is -0.134. The number of carbonyl (C=O) groups excluding carboxylic acids is 1. The summed E-state index contributed by atoms with van der Waals surface area (Å²) in [4.78, 5) is 31.4. The lowest BCUT2D eigenvalue weighted by molar-refractivity contribution is 0.0742. The number of benzene rings is 1. The van der Waals surface area contributed by atoms with E-state index in [0.717, 1.165) is 29.9 Å². The monoisotopic (exact) mass is 483 g/mol. The molecule has 176 valence electrons. The van der Waals surface area contributed by atoms with Crippen LogP contribution in [0, 0.1) is 12.3 Å². The van der Waals surface area contributed by atoms with Crippen LogP contribution < -0.4 is 10.6 Å². The van der Waals surface area contributed by atoms with E-state index >= 15 is 0 Å². The van der Waals surface area contributed by atoms with Gasteiger partial charge in [-0.2, -0.15) is 0 Å². The number of piperazine rings is 1. The fourth-order valence-corrected chi connectivity index (χ4v) is 5.16. The van der Waals surface area contributed by atoms with Crippen LogP contribution in [0.2, 0.25) is 0 Å². The molecule has 3 N–H and O–H groups in total. The predicted molar refractivity (Wildman–Crippen MR) is 139 cm³/mol. The molecule has 4 aromatic rings. The van der Waals surface area contributed by atoms with Gasteiger partial charge in [0.25, 0.3) is 5.91 Å². The SMILES string of the molecule is Cc1cccc(C(=N)c2nc(C(=O)N3CCN(c4ccncc4)CC3)c(-c3cccnc3)s2)c1N. The molecule has 1 saturated heterocycles. The van der Waals surface area contributed by atoms with Crippen LogP contribution in [0.3, 0.4) is 0 Å². The number of carbonyl (C=O) groups is 1. The number of anilines is 2. The number of hydrogen-bond acceptors (Lipinski definition) is 8. The van der Waals surface area contributed by atoms with Crippen LogP contribution in [0.15, 0.2) is 67.3 Å². The van der Waals surface area contributed by atoms with Gasteiger partial charge in [-0.15, -0.1) is 11.3 Å². The number of amides is 1. The molecule has 0 bridgehead atoms. The van der Waals surface area contributed by atoms with Gasteiger partial charge in [0.15, 0.2) is 0 Å². The quantitative estimate of drug-likeness (QED) is 0.329. The maximum absolute atomic E-state index is 13.7. The zero-order valence-electron chi connectivity index (χ0n) is 19.3. The molecule has 3 aromatic heterocycles. The van der Waals surface area contributed by atoms with E-state index in [1.165, 1.54) is 11.3 Å². The van der Waals surface area contributed by atoms with Gasteiger partial charge in [-0.05, 0) is 30.7 Å². The first kappa shape index (κ1) is 22.7. The zero-order valence-corrected chi connectivity index (χ0v) is 20.1. The summed E-state index contributed by atoms with van der Waals surface area (Å²) >= 11 is 1.32. The van der Waals surface area contributed by atoms with E-state index in [9.17, 15) is 4.79 Å². The molecule has 9 heteroatoms. The van der Waals surface area contributed by atoms with Crippen molar-refractivity contribution in [1.82, 2.24) is 19.9 Å². The Morgan fingerprint density at radius 1 is 1.00 bits per heavy atom. The molecule has 1 aliphatic rings. The topological polar surface area (TPSA) is 112 Å². The van der Waals surface area contributed by atoms with Gasteiger partial charge in [0.1, 0.15) is 10.7 Å². The van der Waals surface area contributed by atoms with E-state index in [4.69, 9.17) is 11.1 Å². The molecule has 1 aromatic carbocycles. The molecule has 35 heavy (non-hydrogen) atoms. The van der Waals surface area contributed by atoms with Crippen molar-refractivity contribution < 1.29 is 4.79 Å². The van der Waals surface area contributed by atoms with Gasteiger partial charge >= 0.3 is 0 Å². The van der Waals surface area contributed by atoms with Gasteiger partial charge in [-0.3, -0.25) is 20.2 Å². The number of nitrogens with two attached hydrogens (primary N) is 1. The van der Waals surface area contributed by atoms with Crippen LogP contribution in [0.4, 0.5) is 11.4 Å². The van der Waals surface area contributed by atoms with Crippen LogP contribution in [-0.2, 0) is 0 Å². The first-order chi connectivity index (χ1) is 17.0. The van der Waals surface area contributed by atoms with Gasteiger partial charge in [0, 0.05) is 73.5 Å². The van der Waals surface area contributed by atoms with Crippen molar-refractivity contribution in [2.75, 3.05) is 36.8 Å². The Bertz CT molecular complexity index is 1360. The minimum atomic E-state index is -0.134. The molecule has 0 spiro atoms. The third-order valence-corrected chi connectivity index (χ3v) is 7.28. The number of aromatic nitrogens is 3. The molecular formula is C26H25N7OS. The van der Waals surface area contributed by atoms with Crippen molar-refractivity contribution in [2.45, 2.75) is 6.92 Å². The second-order valence-corrected chi connectivity index (χ2v) is 9.33. The number of nitrogen functional groups attached to an aromatic ring is 1. The molecule has 0 radical (unpaired) electrons. The zero-order chi connectivity index (χ0) is 24.4. The summed E-state index contributed by atoms with van der Waals surface area (Å²) in [5, 5.41) is 9.26. The van der Waals surface area contributed by atoms with Crippen molar-refractivity contribution in [3.63, 3.8) is 0 Å². The largest absolute Gasteiger partial charge is 0.398 e. The molecule has 5 rings (SSSR count). The lowest BCUT2D eigenvalue weighted by Crippen LogP contribution is -2.49. The van der Waals surface area contributed by atoms with Crippen LogP contribution >= 0.6 is 11.3 Å². The number of pyridine rings is 2. The van der Waals surface area contributed by atoms with Crippen molar-refractivity contribution in [1.29, 1.82) is 5.41 Å². The molecular weight excluding hydrogens is 458 g/mol. The van der Waals surface area contributed by atoms with Gasteiger partial charge in [0.2, 0.25) is 0 Å². The van der Waals surface area contributed by atoms with Crippen LogP contribution in [0.25, 0.3) is 10.4 Å². The lowest BCUT2D eigenvalue weighted by Gasteiger charge is -2.35. The summed E-state index contributed by atoms with van der Waals surface area (Å²) in [7, 11) is 0. The molecule has 0 aliphatic carbocycles. The molecule has 4 heterocycles. The Hall–Kier alpha value is -4.11. The Morgan fingerprint density at radius 2 is 1.77 bits per heavy atom. The number of aryl methyl sites for hydroxylation is 1. The second kappa shape index (κ2) is 9.63. The fourth-order valence-electron chi connectivity index (χ4n) is 4.15. The Balaban J connectivity index is 1.45. The first-order valence-electron chi connectivity index (χ1n) is 11.3. The predicted octanol–water partition coefficient (Wildman–Crippen LogP) is 3.87. The minimum Gasteiger partial charge on any atom is -0.398 e. The number of nitrogens with one attached hydrogen (secondary N) is 1. The molecule has 1 fully saturated rings. The van der Waals surface area contributed by atoms with E-state index in [1.54, 1.807) is 24.8 Å². The minimum absolute atomic E-state index is 0.134. The van der Waals surface area contributed by atoms with Gasteiger partial charge in [-0.25, -0.2) is 4.98 Å². The van der Waals surface area contributed by atoms with Crippen LogP contribution in [-0.4, -0.2) is 57.6 Å². The first-order valence-corrected chi connectivity index (χ1v) is 12.1. The standard InChI is InChI=1S/C26H25N7OS/c1-17-4-2-6-20(21(17)27)22(28)25-31-23(24(35-25)18-5-3-9-30-16-18)26(34)33-14-12-32(13-15-33)19-7-10-29-11-8-19/h2-11,16,28H,12-15,27H2,1H3. The van der Waals surface area contributed by atoms with Crippen molar-refractivity contribution in [2.24, 2.45) is 0 Å². The van der Waals surface area contributed by atoms with E-state index in [2.05, 4.69) is 19.9 Å². The highest BCUT2D eigenvalue weighted by molar-refractivity contribution is 7.17. The molecule has 0 unspecified atom stereocenters. The number of para-hydroxylation sites is 1. The summed E-state index contributed by atoms with van der Waals surface area (Å²) in [6.07, 6.45) is 6.97. The molecule has 1 aliphatic heterocycles. The van der Waals surface area contributed by atoms with E-state index < -0.39 is 0 Å². The number of thiazole rings is 1. The highest BCUT2D eigenvalue weighted by atomic mass is 32.1. The molecule has 1 amide bonds. The summed E-state index contributed by atoms with van der Waals surface area (Å²) in [5.41, 5.74) is 10.8. The smallest absolute Gasteiger partial charge is 0.274 e. The van der Waals surface area contributed by atoms with Crippen LogP contribution in [0.5, 0.6) is 0 Å².